The van der Waals surface area contributed by atoms with Gasteiger partial charge in [0.1, 0.15) is 12.2 Å². The second kappa shape index (κ2) is 5.90. The summed E-state index contributed by atoms with van der Waals surface area (Å²) >= 11 is 0. The van der Waals surface area contributed by atoms with E-state index in [9.17, 15) is 4.79 Å². The molecule has 3 rings (SSSR count). The highest BCUT2D eigenvalue weighted by atomic mass is 16.4. The van der Waals surface area contributed by atoms with Gasteiger partial charge < -0.3 is 13.9 Å². The topological polar surface area (TPSA) is 77.1 Å². The molecule has 2 aromatic rings. The predicted molar refractivity (Wildman–Crippen MR) is 79.5 cm³/mol. The first-order chi connectivity index (χ1) is 10.6. The molecule has 0 aromatic carbocycles. The summed E-state index contributed by atoms with van der Waals surface area (Å²) in [6.45, 7) is 5.17. The molecule has 1 amide bonds. The summed E-state index contributed by atoms with van der Waals surface area (Å²) in [7, 11) is 1.93. The van der Waals surface area contributed by atoms with Gasteiger partial charge in [-0.2, -0.15) is 0 Å². The summed E-state index contributed by atoms with van der Waals surface area (Å²) in [6, 6.07) is 0. The average molecular weight is 303 g/mol. The zero-order chi connectivity index (χ0) is 15.7. The Morgan fingerprint density at radius 1 is 1.50 bits per heavy atom. The Kier molecular flexibility index (Phi) is 3.96. The van der Waals surface area contributed by atoms with Crippen molar-refractivity contribution in [3.63, 3.8) is 0 Å². The molecule has 7 nitrogen and oxygen atoms in total. The first kappa shape index (κ1) is 14.7. The molecule has 1 saturated heterocycles. The van der Waals surface area contributed by atoms with Crippen molar-refractivity contribution >= 4 is 5.91 Å². The molecule has 22 heavy (non-hydrogen) atoms. The summed E-state index contributed by atoms with van der Waals surface area (Å²) in [4.78, 5) is 18.8. The number of carbonyl (C=O) groups is 1. The second-order valence-electron chi connectivity index (χ2n) is 5.77. The maximum absolute atomic E-state index is 12.7. The molecule has 1 atom stereocenters. The van der Waals surface area contributed by atoms with Crippen molar-refractivity contribution in [2.24, 2.45) is 7.05 Å². The molecule has 3 heterocycles. The molecule has 0 bridgehead atoms. The Balaban J connectivity index is 1.78. The third-order valence-corrected chi connectivity index (χ3v) is 4.16. The third-order valence-electron chi connectivity index (χ3n) is 4.16. The lowest BCUT2D eigenvalue weighted by Crippen LogP contribution is -2.39. The van der Waals surface area contributed by atoms with E-state index in [4.69, 9.17) is 4.42 Å². The molecule has 0 spiro atoms. The van der Waals surface area contributed by atoms with Crippen LogP contribution in [0.25, 0.3) is 0 Å². The Labute approximate surface area is 129 Å². The first-order valence-electron chi connectivity index (χ1n) is 7.69. The highest BCUT2D eigenvalue weighted by Gasteiger charge is 2.30. The van der Waals surface area contributed by atoms with Gasteiger partial charge in [0.05, 0.1) is 5.69 Å². The van der Waals surface area contributed by atoms with Gasteiger partial charge in [0, 0.05) is 32.5 Å². The van der Waals surface area contributed by atoms with E-state index in [0.717, 1.165) is 25.2 Å². The summed E-state index contributed by atoms with van der Waals surface area (Å²) in [5.74, 6) is 2.06. The van der Waals surface area contributed by atoms with E-state index in [2.05, 4.69) is 15.2 Å². The van der Waals surface area contributed by atoms with Crippen molar-refractivity contribution in [3.8, 4) is 0 Å². The number of amides is 1. The SMILES string of the molecule is CCc1nc(C)c(C(=O)N2CCCC(c3nncn3C)C2)o1. The smallest absolute Gasteiger partial charge is 0.291 e. The quantitative estimate of drug-likeness (QED) is 0.862. The van der Waals surface area contributed by atoms with E-state index < -0.39 is 0 Å². The van der Waals surface area contributed by atoms with E-state index in [1.165, 1.54) is 0 Å². The number of aryl methyl sites for hydroxylation is 3. The number of aromatic nitrogens is 4. The summed E-state index contributed by atoms with van der Waals surface area (Å²) in [6.07, 6.45) is 4.36. The van der Waals surface area contributed by atoms with Gasteiger partial charge in [0.2, 0.25) is 5.76 Å². The van der Waals surface area contributed by atoms with Crippen molar-refractivity contribution in [2.45, 2.75) is 39.0 Å². The number of rotatable bonds is 3. The Hall–Kier alpha value is -2.18. The van der Waals surface area contributed by atoms with E-state index in [1.54, 1.807) is 6.33 Å². The van der Waals surface area contributed by atoms with E-state index in [1.807, 2.05) is 30.4 Å². The van der Waals surface area contributed by atoms with Crippen LogP contribution in [-0.2, 0) is 13.5 Å². The standard InChI is InChI=1S/C15H21N5O2/c1-4-12-17-10(2)13(22-12)15(21)20-7-5-6-11(8-20)14-18-16-9-19(14)3/h9,11H,4-8H2,1-3H3. The van der Waals surface area contributed by atoms with Crippen LogP contribution in [0.5, 0.6) is 0 Å². The van der Waals surface area contributed by atoms with Crippen molar-refractivity contribution in [2.75, 3.05) is 13.1 Å². The number of carbonyl (C=O) groups excluding carboxylic acids is 1. The molecular weight excluding hydrogens is 282 g/mol. The molecule has 1 aliphatic rings. The minimum absolute atomic E-state index is 0.0726. The number of hydrogen-bond donors (Lipinski definition) is 0. The van der Waals surface area contributed by atoms with Gasteiger partial charge in [-0.1, -0.05) is 6.92 Å². The fourth-order valence-electron chi connectivity index (χ4n) is 2.98. The van der Waals surface area contributed by atoms with Crippen molar-refractivity contribution in [3.05, 3.63) is 29.5 Å². The Morgan fingerprint density at radius 2 is 2.32 bits per heavy atom. The van der Waals surface area contributed by atoms with Crippen LogP contribution >= 0.6 is 0 Å². The van der Waals surface area contributed by atoms with Crippen LogP contribution in [0.15, 0.2) is 10.7 Å². The normalized spacial score (nSPS) is 18.7. The van der Waals surface area contributed by atoms with Crippen LogP contribution in [0.3, 0.4) is 0 Å². The van der Waals surface area contributed by atoms with Crippen LogP contribution in [0, 0.1) is 6.92 Å². The van der Waals surface area contributed by atoms with Crippen LogP contribution in [0.2, 0.25) is 0 Å². The molecule has 0 aliphatic carbocycles. The summed E-state index contributed by atoms with van der Waals surface area (Å²) < 4.78 is 7.52. The Bertz CT molecular complexity index is 675. The minimum Gasteiger partial charge on any atom is -0.435 e. The molecule has 118 valence electrons. The van der Waals surface area contributed by atoms with Gasteiger partial charge in [0.25, 0.3) is 5.91 Å². The first-order valence-corrected chi connectivity index (χ1v) is 7.69. The third kappa shape index (κ3) is 2.63. The average Bonchev–Trinajstić information content (AvgIpc) is 3.12. The summed E-state index contributed by atoms with van der Waals surface area (Å²) in [5, 5.41) is 8.11. The largest absolute Gasteiger partial charge is 0.435 e. The number of likely N-dealkylation sites (tertiary alicyclic amines) is 1. The highest BCUT2D eigenvalue weighted by molar-refractivity contribution is 5.92. The molecule has 1 unspecified atom stereocenters. The lowest BCUT2D eigenvalue weighted by atomic mass is 9.97. The van der Waals surface area contributed by atoms with Crippen LogP contribution in [0.4, 0.5) is 0 Å². The number of oxazole rings is 1. The van der Waals surface area contributed by atoms with Crippen LogP contribution in [0.1, 0.15) is 53.6 Å². The van der Waals surface area contributed by atoms with Crippen LogP contribution < -0.4 is 0 Å². The van der Waals surface area contributed by atoms with Gasteiger partial charge in [-0.25, -0.2) is 4.98 Å². The maximum Gasteiger partial charge on any atom is 0.291 e. The monoisotopic (exact) mass is 303 g/mol. The van der Waals surface area contributed by atoms with E-state index in [-0.39, 0.29) is 11.8 Å². The van der Waals surface area contributed by atoms with Crippen LogP contribution in [-0.4, -0.2) is 43.6 Å². The molecule has 1 fully saturated rings. The predicted octanol–water partition coefficient (Wildman–Crippen LogP) is 1.69. The van der Waals surface area contributed by atoms with E-state index in [0.29, 0.717) is 30.3 Å². The highest BCUT2D eigenvalue weighted by Crippen LogP contribution is 2.26. The lowest BCUT2D eigenvalue weighted by molar-refractivity contribution is 0.0668. The molecule has 2 aromatic heterocycles. The van der Waals surface area contributed by atoms with Gasteiger partial charge in [-0.3, -0.25) is 4.79 Å². The number of nitrogens with zero attached hydrogens (tertiary/aromatic N) is 5. The molecular formula is C15H21N5O2. The van der Waals surface area contributed by atoms with Crippen molar-refractivity contribution in [1.82, 2.24) is 24.6 Å². The van der Waals surface area contributed by atoms with Gasteiger partial charge in [-0.05, 0) is 19.8 Å². The van der Waals surface area contributed by atoms with Gasteiger partial charge in [0.15, 0.2) is 5.89 Å². The molecule has 0 saturated carbocycles. The fourth-order valence-corrected chi connectivity index (χ4v) is 2.98. The van der Waals surface area contributed by atoms with Gasteiger partial charge in [-0.15, -0.1) is 10.2 Å². The van der Waals surface area contributed by atoms with Crippen molar-refractivity contribution in [1.29, 1.82) is 0 Å². The Morgan fingerprint density at radius 3 is 2.95 bits per heavy atom. The molecule has 1 aliphatic heterocycles. The lowest BCUT2D eigenvalue weighted by Gasteiger charge is -2.31. The zero-order valence-corrected chi connectivity index (χ0v) is 13.2. The number of hydrogen-bond acceptors (Lipinski definition) is 5. The van der Waals surface area contributed by atoms with Gasteiger partial charge >= 0.3 is 0 Å². The van der Waals surface area contributed by atoms with E-state index >= 15 is 0 Å². The molecule has 0 radical (unpaired) electrons. The molecule has 0 N–H and O–H groups in total. The number of piperidine rings is 1. The maximum atomic E-state index is 12.7. The van der Waals surface area contributed by atoms with Crippen molar-refractivity contribution < 1.29 is 9.21 Å². The zero-order valence-electron chi connectivity index (χ0n) is 13.2. The minimum atomic E-state index is -0.0726. The molecule has 7 heteroatoms. The second-order valence-corrected chi connectivity index (χ2v) is 5.77. The fraction of sp³-hybridized carbons (Fsp3) is 0.600. The summed E-state index contributed by atoms with van der Waals surface area (Å²) in [5.41, 5.74) is 0.669.